The van der Waals surface area contributed by atoms with Crippen molar-refractivity contribution in [2.75, 3.05) is 18.6 Å². The monoisotopic (exact) mass is 419 g/mol. The molecule has 0 bridgehead atoms. The summed E-state index contributed by atoms with van der Waals surface area (Å²) in [6.07, 6.45) is -0.0917. The van der Waals surface area contributed by atoms with Crippen LogP contribution < -0.4 is 15.0 Å². The molecule has 29 heavy (non-hydrogen) atoms. The molecular weight excluding hydrogens is 404 g/mol. The average molecular weight is 420 g/mol. The number of halogens is 3. The summed E-state index contributed by atoms with van der Waals surface area (Å²) in [6, 6.07) is 7.99. The number of benzene rings is 2. The Morgan fingerprint density at radius 3 is 2.76 bits per heavy atom. The van der Waals surface area contributed by atoms with Gasteiger partial charge >= 0.3 is 0 Å². The lowest BCUT2D eigenvalue weighted by atomic mass is 10.0. The zero-order chi connectivity index (χ0) is 21.1. The minimum absolute atomic E-state index is 0.0470. The third-order valence-corrected chi connectivity index (χ3v) is 4.85. The van der Waals surface area contributed by atoms with Crippen LogP contribution in [-0.4, -0.2) is 25.5 Å². The Labute approximate surface area is 170 Å². The van der Waals surface area contributed by atoms with Crippen LogP contribution in [0, 0.1) is 28.9 Å². The number of anilines is 1. The number of nitriles is 1. The SMILES string of the molecule is COc1ccc(Cl)cc1N1CC(C(=O)NC(C#N)c2ccc(F)cc2F)CC1=O. The predicted octanol–water partition coefficient (Wildman–Crippen LogP) is 3.36. The summed E-state index contributed by atoms with van der Waals surface area (Å²) in [6.45, 7) is 0.0470. The number of ether oxygens (including phenoxy) is 1. The van der Waals surface area contributed by atoms with Gasteiger partial charge in [0.05, 0.1) is 24.8 Å². The molecule has 2 aromatic carbocycles. The summed E-state index contributed by atoms with van der Waals surface area (Å²) in [5.74, 6) is -2.96. The maximum atomic E-state index is 14.0. The summed E-state index contributed by atoms with van der Waals surface area (Å²) in [7, 11) is 1.45. The van der Waals surface area contributed by atoms with Gasteiger partial charge in [-0.15, -0.1) is 0 Å². The number of rotatable bonds is 5. The standard InChI is InChI=1S/C20H16ClF2N3O3/c1-29-18-5-2-12(21)7-17(18)26-10-11(6-19(26)27)20(28)25-16(9-24)14-4-3-13(22)8-15(14)23/h2-5,7-8,11,16H,6,10H2,1H3,(H,25,28). The highest BCUT2D eigenvalue weighted by molar-refractivity contribution is 6.31. The number of hydrogen-bond acceptors (Lipinski definition) is 4. The summed E-state index contributed by atoms with van der Waals surface area (Å²) >= 11 is 6.01. The molecule has 1 aliphatic rings. The number of hydrogen-bond donors (Lipinski definition) is 1. The van der Waals surface area contributed by atoms with Crippen LogP contribution in [0.1, 0.15) is 18.0 Å². The van der Waals surface area contributed by atoms with Gasteiger partial charge in [0.15, 0.2) is 0 Å². The maximum absolute atomic E-state index is 14.0. The van der Waals surface area contributed by atoms with Crippen molar-refractivity contribution in [1.29, 1.82) is 5.26 Å². The molecule has 0 aromatic heterocycles. The first-order chi connectivity index (χ1) is 13.8. The van der Waals surface area contributed by atoms with E-state index >= 15 is 0 Å². The Hall–Kier alpha value is -3.18. The lowest BCUT2D eigenvalue weighted by Crippen LogP contribution is -2.35. The van der Waals surface area contributed by atoms with E-state index in [0.29, 0.717) is 22.5 Å². The molecule has 2 atom stereocenters. The normalized spacial score (nSPS) is 17.0. The zero-order valence-electron chi connectivity index (χ0n) is 15.3. The molecule has 2 amide bonds. The molecule has 1 saturated heterocycles. The van der Waals surface area contributed by atoms with Gasteiger partial charge in [0.25, 0.3) is 0 Å². The molecule has 0 spiro atoms. The lowest BCUT2D eigenvalue weighted by Gasteiger charge is -2.20. The van der Waals surface area contributed by atoms with Crippen molar-refractivity contribution in [1.82, 2.24) is 5.32 Å². The second kappa shape index (κ2) is 8.45. The Kier molecular flexibility index (Phi) is 5.99. The third kappa shape index (κ3) is 4.30. The molecule has 0 aliphatic carbocycles. The first kappa shape index (κ1) is 20.6. The molecule has 1 aliphatic heterocycles. The summed E-state index contributed by atoms with van der Waals surface area (Å²) in [5, 5.41) is 12.1. The number of nitrogens with zero attached hydrogens (tertiary/aromatic N) is 2. The fraction of sp³-hybridized carbons (Fsp3) is 0.250. The van der Waals surface area contributed by atoms with E-state index in [4.69, 9.17) is 16.3 Å². The summed E-state index contributed by atoms with van der Waals surface area (Å²) in [5.41, 5.74) is 0.279. The Morgan fingerprint density at radius 1 is 1.34 bits per heavy atom. The minimum atomic E-state index is -1.31. The molecule has 3 rings (SSSR count). The number of carbonyl (C=O) groups excluding carboxylic acids is 2. The van der Waals surface area contributed by atoms with E-state index in [1.165, 1.54) is 12.0 Å². The molecule has 9 heteroatoms. The molecule has 2 unspecified atom stereocenters. The first-order valence-corrected chi connectivity index (χ1v) is 9.00. The number of nitrogens with one attached hydrogen (secondary N) is 1. The quantitative estimate of drug-likeness (QED) is 0.805. The van der Waals surface area contributed by atoms with Gasteiger partial charge in [-0.25, -0.2) is 8.78 Å². The summed E-state index contributed by atoms with van der Waals surface area (Å²) < 4.78 is 32.3. The largest absolute Gasteiger partial charge is 0.495 e. The number of methoxy groups -OCH3 is 1. The van der Waals surface area contributed by atoms with Gasteiger partial charge in [0.2, 0.25) is 11.8 Å². The molecule has 0 saturated carbocycles. The van der Waals surface area contributed by atoms with E-state index in [-0.39, 0.29) is 24.4 Å². The van der Waals surface area contributed by atoms with E-state index in [1.807, 2.05) is 0 Å². The van der Waals surface area contributed by atoms with E-state index in [1.54, 1.807) is 24.3 Å². The molecule has 150 valence electrons. The van der Waals surface area contributed by atoms with Crippen LogP contribution in [0.5, 0.6) is 5.75 Å². The van der Waals surface area contributed by atoms with Gasteiger partial charge in [-0.05, 0) is 24.3 Å². The highest BCUT2D eigenvalue weighted by Crippen LogP contribution is 2.35. The van der Waals surface area contributed by atoms with Gasteiger partial charge < -0.3 is 15.0 Å². The molecule has 1 heterocycles. The summed E-state index contributed by atoms with van der Waals surface area (Å²) in [4.78, 5) is 26.5. The van der Waals surface area contributed by atoms with Crippen molar-refractivity contribution in [3.8, 4) is 11.8 Å². The number of amides is 2. The molecule has 0 radical (unpaired) electrons. The van der Waals surface area contributed by atoms with Gasteiger partial charge in [-0.2, -0.15) is 5.26 Å². The second-order valence-corrected chi connectivity index (χ2v) is 6.89. The average Bonchev–Trinajstić information content (AvgIpc) is 3.08. The fourth-order valence-corrected chi connectivity index (χ4v) is 3.33. The van der Waals surface area contributed by atoms with E-state index in [9.17, 15) is 23.6 Å². The Bertz CT molecular complexity index is 1010. The van der Waals surface area contributed by atoms with Crippen LogP contribution >= 0.6 is 11.6 Å². The number of carbonyl (C=O) groups is 2. The maximum Gasteiger partial charge on any atom is 0.227 e. The minimum Gasteiger partial charge on any atom is -0.495 e. The van der Waals surface area contributed by atoms with Crippen LogP contribution in [0.25, 0.3) is 0 Å². The van der Waals surface area contributed by atoms with Gasteiger partial charge in [-0.1, -0.05) is 17.7 Å². The van der Waals surface area contributed by atoms with Crippen LogP contribution in [-0.2, 0) is 9.59 Å². The first-order valence-electron chi connectivity index (χ1n) is 8.63. The van der Waals surface area contributed by atoms with Crippen LogP contribution in [0.4, 0.5) is 14.5 Å². The third-order valence-electron chi connectivity index (χ3n) is 4.62. The second-order valence-electron chi connectivity index (χ2n) is 6.46. The molecule has 1 fully saturated rings. The topological polar surface area (TPSA) is 82.4 Å². The van der Waals surface area contributed by atoms with E-state index < -0.39 is 29.5 Å². The van der Waals surface area contributed by atoms with Crippen molar-refractivity contribution >= 4 is 29.1 Å². The molecule has 2 aromatic rings. The fourth-order valence-electron chi connectivity index (χ4n) is 3.17. The molecule has 6 nitrogen and oxygen atoms in total. The van der Waals surface area contributed by atoms with Gasteiger partial charge in [0.1, 0.15) is 23.4 Å². The highest BCUT2D eigenvalue weighted by atomic mass is 35.5. The van der Waals surface area contributed by atoms with Crippen molar-refractivity contribution in [2.24, 2.45) is 5.92 Å². The van der Waals surface area contributed by atoms with Crippen LogP contribution in [0.2, 0.25) is 5.02 Å². The van der Waals surface area contributed by atoms with E-state index in [2.05, 4.69) is 5.32 Å². The zero-order valence-corrected chi connectivity index (χ0v) is 16.0. The Balaban J connectivity index is 1.77. The van der Waals surface area contributed by atoms with Crippen LogP contribution in [0.15, 0.2) is 36.4 Å². The van der Waals surface area contributed by atoms with Crippen molar-refractivity contribution < 1.29 is 23.1 Å². The van der Waals surface area contributed by atoms with Crippen molar-refractivity contribution in [3.05, 3.63) is 58.6 Å². The van der Waals surface area contributed by atoms with Crippen molar-refractivity contribution in [3.63, 3.8) is 0 Å². The van der Waals surface area contributed by atoms with Crippen LogP contribution in [0.3, 0.4) is 0 Å². The molecule has 1 N–H and O–H groups in total. The van der Waals surface area contributed by atoms with Crippen molar-refractivity contribution in [2.45, 2.75) is 12.5 Å². The smallest absolute Gasteiger partial charge is 0.227 e. The lowest BCUT2D eigenvalue weighted by molar-refractivity contribution is -0.126. The molecular formula is C20H16ClF2N3O3. The van der Waals surface area contributed by atoms with Gasteiger partial charge in [0, 0.05) is 29.6 Å². The van der Waals surface area contributed by atoms with Gasteiger partial charge in [-0.3, -0.25) is 9.59 Å². The van der Waals surface area contributed by atoms with E-state index in [0.717, 1.165) is 12.1 Å². The highest BCUT2D eigenvalue weighted by Gasteiger charge is 2.37. The Morgan fingerprint density at radius 2 is 2.10 bits per heavy atom. The predicted molar refractivity (Wildman–Crippen MR) is 101 cm³/mol.